The molecule has 0 spiro atoms. The number of pyridine rings is 1. The number of nitrogens with zero attached hydrogens (tertiary/aromatic N) is 8. The molecule has 5 aromatic rings. The number of hydrogen-bond donors (Lipinski definition) is 1. The van der Waals surface area contributed by atoms with Crippen molar-refractivity contribution < 1.29 is 14.0 Å². The van der Waals surface area contributed by atoms with Gasteiger partial charge in [0, 0.05) is 73.3 Å². The lowest BCUT2D eigenvalue weighted by Crippen LogP contribution is -2.36. The van der Waals surface area contributed by atoms with Crippen LogP contribution < -0.4 is 0 Å². The number of benzene rings is 1. The first-order chi connectivity index (χ1) is 21.8. The summed E-state index contributed by atoms with van der Waals surface area (Å²) in [6.45, 7) is 6.20. The van der Waals surface area contributed by atoms with Gasteiger partial charge >= 0.3 is 0 Å². The third-order valence-corrected chi connectivity index (χ3v) is 8.89. The van der Waals surface area contributed by atoms with Crippen molar-refractivity contribution in [3.63, 3.8) is 0 Å². The van der Waals surface area contributed by atoms with E-state index in [2.05, 4.69) is 32.3 Å². The molecule has 0 aliphatic carbocycles. The topological polar surface area (TPSA) is 118 Å². The first-order valence-electron chi connectivity index (χ1n) is 15.2. The minimum Gasteiger partial charge on any atom is -0.348 e. The molecule has 2 aliphatic rings. The smallest absolute Gasteiger partial charge is 0.270 e. The molecule has 230 valence electrons. The van der Waals surface area contributed by atoms with Crippen LogP contribution in [0.4, 0.5) is 4.39 Å². The monoisotopic (exact) mass is 607 g/mol. The molecule has 4 aromatic heterocycles. The summed E-state index contributed by atoms with van der Waals surface area (Å²) in [5.41, 5.74) is 7.42. The Kier molecular flexibility index (Phi) is 7.26. The lowest BCUT2D eigenvalue weighted by Gasteiger charge is -2.28. The molecule has 6 heterocycles. The molecule has 0 unspecified atom stereocenters. The minimum atomic E-state index is -0.442. The van der Waals surface area contributed by atoms with Gasteiger partial charge in [0.05, 0.1) is 36.7 Å². The minimum absolute atomic E-state index is 0.0246. The summed E-state index contributed by atoms with van der Waals surface area (Å²) >= 11 is 0. The molecule has 0 fully saturated rings. The van der Waals surface area contributed by atoms with Crippen LogP contribution in [0.2, 0.25) is 0 Å². The molecule has 2 amide bonds. The van der Waals surface area contributed by atoms with Crippen LogP contribution in [0, 0.1) is 12.7 Å². The largest absolute Gasteiger partial charge is 0.348 e. The Morgan fingerprint density at radius 2 is 1.91 bits per heavy atom. The lowest BCUT2D eigenvalue weighted by atomic mass is 9.91. The van der Waals surface area contributed by atoms with Crippen molar-refractivity contribution in [2.24, 2.45) is 7.05 Å². The van der Waals surface area contributed by atoms with E-state index in [1.165, 1.54) is 0 Å². The predicted molar refractivity (Wildman–Crippen MR) is 166 cm³/mol. The van der Waals surface area contributed by atoms with Crippen molar-refractivity contribution in [3.8, 4) is 11.1 Å². The van der Waals surface area contributed by atoms with E-state index >= 15 is 4.39 Å². The fourth-order valence-corrected chi connectivity index (χ4v) is 6.46. The maximum Gasteiger partial charge on any atom is 0.270 e. The number of fused-ring (bicyclic) bond motifs is 2. The first-order valence-corrected chi connectivity index (χ1v) is 15.2. The van der Waals surface area contributed by atoms with E-state index in [1.807, 2.05) is 38.4 Å². The van der Waals surface area contributed by atoms with Crippen LogP contribution in [0.5, 0.6) is 0 Å². The van der Waals surface area contributed by atoms with Crippen LogP contribution in [0.15, 0.2) is 49.1 Å². The number of aromatic nitrogens is 7. The Hall–Kier alpha value is -5.13. The highest BCUT2D eigenvalue weighted by molar-refractivity contribution is 6.05. The molecule has 0 atom stereocenters. The van der Waals surface area contributed by atoms with Gasteiger partial charge in [-0.1, -0.05) is 18.2 Å². The maximum absolute atomic E-state index is 16.6. The molecule has 1 aromatic carbocycles. The maximum atomic E-state index is 16.6. The number of nitrogens with one attached hydrogen (secondary N) is 1. The normalized spacial score (nSPS) is 14.7. The van der Waals surface area contributed by atoms with Crippen molar-refractivity contribution in [2.75, 3.05) is 13.1 Å². The van der Waals surface area contributed by atoms with Gasteiger partial charge in [-0.15, -0.1) is 5.10 Å². The van der Waals surface area contributed by atoms with Gasteiger partial charge < -0.3 is 14.8 Å². The second-order valence-corrected chi connectivity index (χ2v) is 11.7. The van der Waals surface area contributed by atoms with E-state index in [4.69, 9.17) is 0 Å². The van der Waals surface area contributed by atoms with Crippen molar-refractivity contribution in [1.29, 1.82) is 0 Å². The molecule has 0 saturated heterocycles. The molecule has 2 aliphatic heterocycles. The van der Waals surface area contributed by atoms with Crippen molar-refractivity contribution in [3.05, 3.63) is 88.7 Å². The van der Waals surface area contributed by atoms with Crippen LogP contribution in [0.1, 0.15) is 58.3 Å². The third kappa shape index (κ3) is 5.19. The fourth-order valence-electron chi connectivity index (χ4n) is 6.46. The van der Waals surface area contributed by atoms with Crippen LogP contribution in [0.25, 0.3) is 27.6 Å². The summed E-state index contributed by atoms with van der Waals surface area (Å²) in [6, 6.07) is 5.67. The van der Waals surface area contributed by atoms with E-state index in [1.54, 1.807) is 43.8 Å². The van der Waals surface area contributed by atoms with E-state index < -0.39 is 5.82 Å². The number of aromatic amines is 1. The summed E-state index contributed by atoms with van der Waals surface area (Å²) in [6.07, 6.45) is 10.6. The zero-order valence-electron chi connectivity index (χ0n) is 25.5. The highest BCUT2D eigenvalue weighted by Crippen LogP contribution is 2.38. The van der Waals surface area contributed by atoms with Gasteiger partial charge in [0.1, 0.15) is 5.69 Å². The quantitative estimate of drug-likeness (QED) is 0.293. The number of rotatable bonds is 7. The second-order valence-electron chi connectivity index (χ2n) is 11.7. The van der Waals surface area contributed by atoms with Crippen LogP contribution in [-0.4, -0.2) is 69.4 Å². The molecule has 11 nitrogen and oxygen atoms in total. The first kappa shape index (κ1) is 28.6. The molecule has 0 bridgehead atoms. The number of carbonyl (C=O) groups excluding carboxylic acids is 2. The van der Waals surface area contributed by atoms with Gasteiger partial charge in [0.2, 0.25) is 5.91 Å². The SMILES string of the molecule is CCc1cc(C)ncc1-c1cc(C2=CCCN(C(=O)CCn3ccnn3)C2)c(F)c2[nH]c(C(=O)N3Cc4cnn(C)c4C3)cc12. The van der Waals surface area contributed by atoms with Crippen molar-refractivity contribution in [2.45, 2.75) is 52.7 Å². The zero-order valence-corrected chi connectivity index (χ0v) is 25.5. The van der Waals surface area contributed by atoms with Gasteiger partial charge in [0.25, 0.3) is 5.91 Å². The Morgan fingerprint density at radius 3 is 2.69 bits per heavy atom. The van der Waals surface area contributed by atoms with Crippen LogP contribution in [0.3, 0.4) is 0 Å². The van der Waals surface area contributed by atoms with Crippen molar-refractivity contribution in [1.82, 2.24) is 44.5 Å². The Morgan fingerprint density at radius 1 is 1.04 bits per heavy atom. The van der Waals surface area contributed by atoms with E-state index in [0.29, 0.717) is 49.2 Å². The highest BCUT2D eigenvalue weighted by Gasteiger charge is 2.30. The fraction of sp³-hybridized carbons (Fsp3) is 0.333. The Labute approximate surface area is 259 Å². The van der Waals surface area contributed by atoms with Gasteiger partial charge in [0.15, 0.2) is 5.82 Å². The molecular weight excluding hydrogens is 573 g/mol. The summed E-state index contributed by atoms with van der Waals surface area (Å²) < 4.78 is 20.0. The number of carbonyl (C=O) groups is 2. The van der Waals surface area contributed by atoms with Gasteiger partial charge in [-0.2, -0.15) is 5.10 Å². The number of H-pyrrole nitrogens is 1. The standard InChI is InChI=1S/C33H34FN9O2/c1-4-21-12-20(2)35-16-27(21)25-13-24(22-6-5-9-41(17-22)30(44)7-10-43-11-8-36-39-43)31(34)32-26(25)14-28(38-32)33(45)42-18-23-15-37-40(3)29(23)19-42/h6,8,11-16,38H,4-5,7,9-10,17-19H2,1-3H3. The molecular formula is C33H34FN9O2. The Bertz CT molecular complexity index is 1970. The lowest BCUT2D eigenvalue weighted by molar-refractivity contribution is -0.131. The van der Waals surface area contributed by atoms with Gasteiger partial charge in [-0.3, -0.25) is 23.9 Å². The zero-order chi connectivity index (χ0) is 31.2. The third-order valence-electron chi connectivity index (χ3n) is 8.89. The number of halogens is 1. The number of aryl methyl sites for hydroxylation is 4. The number of amides is 2. The second kappa shape index (κ2) is 11.4. The molecule has 0 saturated carbocycles. The average Bonchev–Trinajstić information content (AvgIpc) is 3.86. The molecule has 7 rings (SSSR count). The van der Waals surface area contributed by atoms with Gasteiger partial charge in [-0.05, 0) is 54.7 Å². The molecule has 12 heteroatoms. The Balaban J connectivity index is 1.27. The van der Waals surface area contributed by atoms with E-state index in [9.17, 15) is 9.59 Å². The van der Waals surface area contributed by atoms with E-state index in [-0.39, 0.29) is 30.3 Å². The van der Waals surface area contributed by atoms with E-state index in [0.717, 1.165) is 45.6 Å². The summed E-state index contributed by atoms with van der Waals surface area (Å²) in [4.78, 5) is 38.1. The average molecular weight is 608 g/mol. The van der Waals surface area contributed by atoms with Gasteiger partial charge in [-0.25, -0.2) is 4.39 Å². The summed E-state index contributed by atoms with van der Waals surface area (Å²) in [5, 5.41) is 12.6. The highest BCUT2D eigenvalue weighted by atomic mass is 19.1. The summed E-state index contributed by atoms with van der Waals surface area (Å²) in [5.74, 6) is -0.667. The molecule has 45 heavy (non-hydrogen) atoms. The number of hydrogen-bond acceptors (Lipinski definition) is 6. The predicted octanol–water partition coefficient (Wildman–Crippen LogP) is 4.43. The molecule has 0 radical (unpaired) electrons. The van der Waals surface area contributed by atoms with Crippen LogP contribution in [-0.2, 0) is 37.9 Å². The summed E-state index contributed by atoms with van der Waals surface area (Å²) in [7, 11) is 1.87. The van der Waals surface area contributed by atoms with Crippen molar-refractivity contribution >= 4 is 28.3 Å². The molecule has 1 N–H and O–H groups in total. The van der Waals surface area contributed by atoms with Crippen LogP contribution >= 0.6 is 0 Å².